The molecule has 0 saturated heterocycles. The topological polar surface area (TPSA) is 52.1 Å². The normalized spacial score (nSPS) is 10.2. The second-order valence-corrected chi connectivity index (χ2v) is 3.67. The molecule has 0 radical (unpaired) electrons. The average molecular weight is 246 g/mol. The third kappa shape index (κ3) is 2.34. The summed E-state index contributed by atoms with van der Waals surface area (Å²) in [4.78, 5) is 19.1. The molecular formula is C13H11FN2O2. The Bertz CT molecular complexity index is 599. The lowest BCUT2D eigenvalue weighted by molar-refractivity contribution is 0.100. The lowest BCUT2D eigenvalue weighted by Gasteiger charge is -2.05. The smallest absolute Gasteiger partial charge is 0.196 e. The summed E-state index contributed by atoms with van der Waals surface area (Å²) in [6.45, 7) is 1.38. The number of methoxy groups -OCH3 is 1. The molecule has 0 atom stereocenters. The molecule has 0 saturated carbocycles. The Labute approximate surface area is 103 Å². The van der Waals surface area contributed by atoms with Crippen LogP contribution in [0.1, 0.15) is 17.5 Å². The van der Waals surface area contributed by atoms with Crippen molar-refractivity contribution in [3.63, 3.8) is 0 Å². The van der Waals surface area contributed by atoms with Gasteiger partial charge in [0.05, 0.1) is 12.8 Å². The molecular weight excluding hydrogens is 235 g/mol. The van der Waals surface area contributed by atoms with Gasteiger partial charge < -0.3 is 4.74 Å². The fourth-order valence-electron chi connectivity index (χ4n) is 1.51. The summed E-state index contributed by atoms with van der Waals surface area (Å²) in [5.41, 5.74) is 1.06. The fourth-order valence-corrected chi connectivity index (χ4v) is 1.51. The van der Waals surface area contributed by atoms with E-state index in [2.05, 4.69) is 9.97 Å². The van der Waals surface area contributed by atoms with Crippen LogP contribution in [0.25, 0.3) is 11.3 Å². The third-order valence-electron chi connectivity index (χ3n) is 2.42. The molecule has 5 heteroatoms. The maximum Gasteiger partial charge on any atom is 0.196 e. The average Bonchev–Trinajstić information content (AvgIpc) is 2.38. The highest BCUT2D eigenvalue weighted by Crippen LogP contribution is 2.23. The van der Waals surface area contributed by atoms with Crippen LogP contribution in [0.15, 0.2) is 30.5 Å². The van der Waals surface area contributed by atoms with Gasteiger partial charge in [-0.3, -0.25) is 4.79 Å². The van der Waals surface area contributed by atoms with Crippen molar-refractivity contribution in [2.24, 2.45) is 0 Å². The fraction of sp³-hybridized carbons (Fsp3) is 0.154. The van der Waals surface area contributed by atoms with E-state index >= 15 is 0 Å². The number of carbonyl (C=O) groups is 1. The first-order valence-electron chi connectivity index (χ1n) is 5.29. The minimum atomic E-state index is -0.474. The maximum absolute atomic E-state index is 13.6. The van der Waals surface area contributed by atoms with Crippen molar-refractivity contribution < 1.29 is 13.9 Å². The highest BCUT2D eigenvalue weighted by atomic mass is 19.1. The lowest BCUT2D eigenvalue weighted by atomic mass is 10.1. The van der Waals surface area contributed by atoms with Crippen molar-refractivity contribution in [2.75, 3.05) is 7.11 Å². The Balaban J connectivity index is 2.45. The van der Waals surface area contributed by atoms with Gasteiger partial charge in [-0.1, -0.05) is 0 Å². The van der Waals surface area contributed by atoms with E-state index in [0.717, 1.165) is 0 Å². The number of carbonyl (C=O) groups excluding carboxylic acids is 1. The number of hydrogen-bond donors (Lipinski definition) is 0. The molecule has 0 unspecified atom stereocenters. The largest absolute Gasteiger partial charge is 0.494 e. The van der Waals surface area contributed by atoms with Gasteiger partial charge in [-0.15, -0.1) is 0 Å². The molecule has 1 aromatic heterocycles. The van der Waals surface area contributed by atoms with Crippen LogP contribution in [-0.2, 0) is 0 Å². The molecule has 92 valence electrons. The van der Waals surface area contributed by atoms with Crippen LogP contribution in [0.4, 0.5) is 4.39 Å². The van der Waals surface area contributed by atoms with Crippen molar-refractivity contribution in [3.8, 4) is 17.0 Å². The van der Waals surface area contributed by atoms with Crippen LogP contribution < -0.4 is 4.74 Å². The summed E-state index contributed by atoms with van der Waals surface area (Å²) in [6, 6.07) is 6.12. The van der Waals surface area contributed by atoms with Crippen molar-refractivity contribution in [1.29, 1.82) is 0 Å². The standard InChI is InChI=1S/C13H11FN2O2/c1-8(17)13-15-6-5-11(16-13)9-3-4-12(18-2)10(14)7-9/h3-7H,1-2H3. The number of hydrogen-bond acceptors (Lipinski definition) is 4. The van der Waals surface area contributed by atoms with Crippen LogP contribution in [-0.4, -0.2) is 22.9 Å². The van der Waals surface area contributed by atoms with Gasteiger partial charge in [-0.25, -0.2) is 14.4 Å². The first-order valence-corrected chi connectivity index (χ1v) is 5.29. The minimum absolute atomic E-state index is 0.115. The van der Waals surface area contributed by atoms with Crippen LogP contribution >= 0.6 is 0 Å². The van der Waals surface area contributed by atoms with E-state index < -0.39 is 5.82 Å². The van der Waals surface area contributed by atoms with Crippen LogP contribution in [0, 0.1) is 5.82 Å². The number of ether oxygens (including phenoxy) is 1. The Morgan fingerprint density at radius 1 is 1.33 bits per heavy atom. The molecule has 0 amide bonds. The molecule has 0 fully saturated rings. The van der Waals surface area contributed by atoms with Gasteiger partial charge in [-0.05, 0) is 24.3 Å². The zero-order valence-electron chi connectivity index (χ0n) is 9.98. The summed E-state index contributed by atoms with van der Waals surface area (Å²) >= 11 is 0. The number of aromatic nitrogens is 2. The quantitative estimate of drug-likeness (QED) is 0.781. The zero-order chi connectivity index (χ0) is 13.1. The molecule has 0 aliphatic rings. The number of ketones is 1. The molecule has 18 heavy (non-hydrogen) atoms. The first kappa shape index (κ1) is 12.2. The van der Waals surface area contributed by atoms with Crippen molar-refractivity contribution in [3.05, 3.63) is 42.1 Å². The lowest BCUT2D eigenvalue weighted by Crippen LogP contribution is -2.01. The third-order valence-corrected chi connectivity index (χ3v) is 2.42. The maximum atomic E-state index is 13.6. The number of benzene rings is 1. The number of rotatable bonds is 3. The second kappa shape index (κ2) is 4.91. The molecule has 0 spiro atoms. The molecule has 1 heterocycles. The van der Waals surface area contributed by atoms with Gasteiger partial charge in [0.25, 0.3) is 0 Å². The monoisotopic (exact) mass is 246 g/mol. The molecule has 0 N–H and O–H groups in total. The van der Waals surface area contributed by atoms with Crippen LogP contribution in [0.5, 0.6) is 5.75 Å². The van der Waals surface area contributed by atoms with Gasteiger partial charge >= 0.3 is 0 Å². The van der Waals surface area contributed by atoms with Crippen molar-refractivity contribution in [1.82, 2.24) is 9.97 Å². The van der Waals surface area contributed by atoms with Gasteiger partial charge in [0, 0.05) is 18.7 Å². The van der Waals surface area contributed by atoms with E-state index in [4.69, 9.17) is 4.74 Å². The molecule has 2 rings (SSSR count). The van der Waals surface area contributed by atoms with Crippen LogP contribution in [0.2, 0.25) is 0 Å². The predicted molar refractivity (Wildman–Crippen MR) is 64.0 cm³/mol. The Morgan fingerprint density at radius 3 is 2.72 bits per heavy atom. The predicted octanol–water partition coefficient (Wildman–Crippen LogP) is 2.49. The number of Topliss-reactive ketones (excluding diaryl/α,β-unsaturated/α-hetero) is 1. The Hall–Kier alpha value is -2.30. The van der Waals surface area contributed by atoms with E-state index in [0.29, 0.717) is 11.3 Å². The summed E-state index contributed by atoms with van der Waals surface area (Å²) < 4.78 is 18.4. The van der Waals surface area contributed by atoms with Gasteiger partial charge in [0.1, 0.15) is 0 Å². The first-order chi connectivity index (χ1) is 8.61. The van der Waals surface area contributed by atoms with Crippen molar-refractivity contribution >= 4 is 5.78 Å². The van der Waals surface area contributed by atoms with E-state index in [9.17, 15) is 9.18 Å². The van der Waals surface area contributed by atoms with E-state index in [1.807, 2.05) is 0 Å². The SMILES string of the molecule is COc1ccc(-c2ccnc(C(C)=O)n2)cc1F. The molecule has 4 nitrogen and oxygen atoms in total. The highest BCUT2D eigenvalue weighted by Gasteiger charge is 2.08. The highest BCUT2D eigenvalue weighted by molar-refractivity contribution is 5.90. The molecule has 2 aromatic rings. The molecule has 0 aliphatic carbocycles. The van der Waals surface area contributed by atoms with Gasteiger partial charge in [-0.2, -0.15) is 0 Å². The summed E-state index contributed by atoms with van der Waals surface area (Å²) in [7, 11) is 1.40. The summed E-state index contributed by atoms with van der Waals surface area (Å²) in [5, 5.41) is 0. The van der Waals surface area contributed by atoms with E-state index in [1.165, 1.54) is 32.4 Å². The Morgan fingerprint density at radius 2 is 2.11 bits per heavy atom. The van der Waals surface area contributed by atoms with Crippen LogP contribution in [0.3, 0.4) is 0 Å². The van der Waals surface area contributed by atoms with Gasteiger partial charge in [0.2, 0.25) is 0 Å². The number of nitrogens with zero attached hydrogens (tertiary/aromatic N) is 2. The molecule has 0 bridgehead atoms. The summed E-state index contributed by atoms with van der Waals surface area (Å²) in [5.74, 6) is -0.424. The summed E-state index contributed by atoms with van der Waals surface area (Å²) in [6.07, 6.45) is 1.47. The van der Waals surface area contributed by atoms with E-state index in [-0.39, 0.29) is 17.4 Å². The second-order valence-electron chi connectivity index (χ2n) is 3.67. The Kier molecular flexibility index (Phi) is 3.32. The zero-order valence-corrected chi connectivity index (χ0v) is 9.98. The van der Waals surface area contributed by atoms with Gasteiger partial charge in [0.15, 0.2) is 23.2 Å². The minimum Gasteiger partial charge on any atom is -0.494 e. The molecule has 0 aliphatic heterocycles. The van der Waals surface area contributed by atoms with Crippen molar-refractivity contribution in [2.45, 2.75) is 6.92 Å². The van der Waals surface area contributed by atoms with E-state index in [1.54, 1.807) is 12.1 Å². The molecule has 1 aromatic carbocycles. The number of halogens is 1.